The first-order chi connectivity index (χ1) is 11.6. The third-order valence-electron chi connectivity index (χ3n) is 5.61. The first kappa shape index (κ1) is 17.2. The highest BCUT2D eigenvalue weighted by molar-refractivity contribution is 5.35. The Morgan fingerprint density at radius 1 is 0.875 bits per heavy atom. The molecule has 1 aliphatic heterocycles. The summed E-state index contributed by atoms with van der Waals surface area (Å²) in [6, 6.07) is 21.4. The van der Waals surface area contributed by atoms with Crippen molar-refractivity contribution in [2.24, 2.45) is 0 Å². The van der Waals surface area contributed by atoms with Crippen molar-refractivity contribution in [1.29, 1.82) is 0 Å². The van der Waals surface area contributed by atoms with Crippen molar-refractivity contribution in [3.63, 3.8) is 0 Å². The molecule has 0 unspecified atom stereocenters. The first-order valence-electron chi connectivity index (χ1n) is 9.20. The Bertz CT molecular complexity index is 575. The van der Waals surface area contributed by atoms with Crippen LogP contribution in [-0.2, 0) is 5.60 Å². The Morgan fingerprint density at radius 3 is 1.79 bits per heavy atom. The quantitative estimate of drug-likeness (QED) is 0.871. The van der Waals surface area contributed by atoms with E-state index in [1.54, 1.807) is 0 Å². The molecule has 0 saturated carbocycles. The van der Waals surface area contributed by atoms with Gasteiger partial charge in [0.25, 0.3) is 0 Å². The molecule has 24 heavy (non-hydrogen) atoms. The fraction of sp³-hybridized carbons (Fsp3) is 0.455. The molecule has 1 fully saturated rings. The zero-order valence-electron chi connectivity index (χ0n) is 14.9. The number of hydrogen-bond donors (Lipinski definition) is 1. The van der Waals surface area contributed by atoms with Gasteiger partial charge in [0.05, 0.1) is 0 Å². The van der Waals surface area contributed by atoms with E-state index < -0.39 is 5.60 Å². The van der Waals surface area contributed by atoms with Gasteiger partial charge >= 0.3 is 0 Å². The second-order valence-corrected chi connectivity index (χ2v) is 7.21. The second-order valence-electron chi connectivity index (χ2n) is 7.21. The van der Waals surface area contributed by atoms with E-state index in [0.717, 1.165) is 24.1 Å². The lowest BCUT2D eigenvalue weighted by molar-refractivity contribution is 0.0317. The highest BCUT2D eigenvalue weighted by Gasteiger charge is 2.33. The van der Waals surface area contributed by atoms with E-state index >= 15 is 0 Å². The zero-order chi connectivity index (χ0) is 17.0. The van der Waals surface area contributed by atoms with Crippen molar-refractivity contribution in [2.45, 2.75) is 57.2 Å². The SMILES string of the molecule is C[C@@H]1CCC[C@H](C)N1CCC(O)(c1ccccc1)c1ccccc1. The van der Waals surface area contributed by atoms with Gasteiger partial charge in [-0.15, -0.1) is 0 Å². The van der Waals surface area contributed by atoms with Gasteiger partial charge in [0.15, 0.2) is 0 Å². The van der Waals surface area contributed by atoms with Gasteiger partial charge in [-0.1, -0.05) is 67.1 Å². The van der Waals surface area contributed by atoms with Crippen LogP contribution >= 0.6 is 0 Å². The number of likely N-dealkylation sites (tertiary alicyclic amines) is 1. The highest BCUT2D eigenvalue weighted by Crippen LogP contribution is 2.34. The van der Waals surface area contributed by atoms with E-state index in [4.69, 9.17) is 0 Å². The highest BCUT2D eigenvalue weighted by atomic mass is 16.3. The van der Waals surface area contributed by atoms with Gasteiger partial charge in [0.2, 0.25) is 0 Å². The monoisotopic (exact) mass is 323 g/mol. The second kappa shape index (κ2) is 7.50. The minimum absolute atomic E-state index is 0.601. The van der Waals surface area contributed by atoms with Crippen LogP contribution in [0.4, 0.5) is 0 Å². The number of rotatable bonds is 5. The van der Waals surface area contributed by atoms with Crippen LogP contribution in [-0.4, -0.2) is 28.6 Å². The molecule has 1 N–H and O–H groups in total. The minimum atomic E-state index is -0.931. The van der Waals surface area contributed by atoms with Crippen LogP contribution in [0.3, 0.4) is 0 Å². The van der Waals surface area contributed by atoms with Crippen LogP contribution < -0.4 is 0 Å². The number of aliphatic hydroxyl groups is 1. The summed E-state index contributed by atoms with van der Waals surface area (Å²) in [6.45, 7) is 5.56. The average molecular weight is 323 g/mol. The van der Waals surface area contributed by atoms with Gasteiger partial charge in [0.1, 0.15) is 5.60 Å². The van der Waals surface area contributed by atoms with Crippen molar-refractivity contribution >= 4 is 0 Å². The van der Waals surface area contributed by atoms with Crippen molar-refractivity contribution in [2.75, 3.05) is 6.54 Å². The lowest BCUT2D eigenvalue weighted by Crippen LogP contribution is -2.46. The fourth-order valence-corrected chi connectivity index (χ4v) is 4.09. The molecule has 0 spiro atoms. The van der Waals surface area contributed by atoms with Gasteiger partial charge in [0, 0.05) is 18.6 Å². The molecule has 1 heterocycles. The van der Waals surface area contributed by atoms with Crippen molar-refractivity contribution in [3.05, 3.63) is 71.8 Å². The predicted octanol–water partition coefficient (Wildman–Crippen LogP) is 4.58. The van der Waals surface area contributed by atoms with Gasteiger partial charge in [-0.05, 0) is 44.2 Å². The molecule has 2 heteroatoms. The fourth-order valence-electron chi connectivity index (χ4n) is 4.09. The molecule has 1 saturated heterocycles. The van der Waals surface area contributed by atoms with E-state index in [-0.39, 0.29) is 0 Å². The largest absolute Gasteiger partial charge is 0.380 e. The van der Waals surface area contributed by atoms with Crippen LogP contribution in [0.2, 0.25) is 0 Å². The summed E-state index contributed by atoms with van der Waals surface area (Å²) in [5.74, 6) is 0. The van der Waals surface area contributed by atoms with Crippen LogP contribution in [0.5, 0.6) is 0 Å². The Morgan fingerprint density at radius 2 is 1.33 bits per heavy atom. The molecular weight excluding hydrogens is 294 g/mol. The molecule has 0 bridgehead atoms. The van der Waals surface area contributed by atoms with Crippen molar-refractivity contribution < 1.29 is 5.11 Å². The molecular formula is C22H29NO. The van der Waals surface area contributed by atoms with E-state index in [1.165, 1.54) is 19.3 Å². The maximum atomic E-state index is 11.6. The van der Waals surface area contributed by atoms with E-state index in [2.05, 4.69) is 18.7 Å². The molecule has 3 rings (SSSR count). The van der Waals surface area contributed by atoms with E-state index in [1.807, 2.05) is 60.7 Å². The van der Waals surface area contributed by atoms with Crippen molar-refractivity contribution in [3.8, 4) is 0 Å². The summed E-state index contributed by atoms with van der Waals surface area (Å²) in [4.78, 5) is 2.57. The molecule has 2 aromatic rings. The van der Waals surface area contributed by atoms with Gasteiger partial charge < -0.3 is 5.11 Å². The molecule has 0 aromatic heterocycles. The number of benzene rings is 2. The smallest absolute Gasteiger partial charge is 0.116 e. The molecule has 2 atom stereocenters. The first-order valence-corrected chi connectivity index (χ1v) is 9.20. The molecule has 0 aliphatic carbocycles. The molecule has 128 valence electrons. The molecule has 2 nitrogen and oxygen atoms in total. The van der Waals surface area contributed by atoms with E-state index in [9.17, 15) is 5.11 Å². The lowest BCUT2D eigenvalue weighted by atomic mass is 9.83. The molecule has 0 radical (unpaired) electrons. The Labute approximate surface area is 146 Å². The zero-order valence-corrected chi connectivity index (χ0v) is 14.9. The van der Waals surface area contributed by atoms with Crippen LogP contribution in [0.15, 0.2) is 60.7 Å². The third-order valence-corrected chi connectivity index (χ3v) is 5.61. The molecule has 0 amide bonds. The minimum Gasteiger partial charge on any atom is -0.380 e. The van der Waals surface area contributed by atoms with Gasteiger partial charge in [-0.3, -0.25) is 4.90 Å². The molecule has 1 aliphatic rings. The Hall–Kier alpha value is -1.64. The predicted molar refractivity (Wildman–Crippen MR) is 100.0 cm³/mol. The number of hydrogen-bond acceptors (Lipinski definition) is 2. The van der Waals surface area contributed by atoms with Crippen LogP contribution in [0.25, 0.3) is 0 Å². The lowest BCUT2D eigenvalue weighted by Gasteiger charge is -2.41. The van der Waals surface area contributed by atoms with E-state index in [0.29, 0.717) is 12.1 Å². The number of nitrogens with zero attached hydrogens (tertiary/aromatic N) is 1. The summed E-state index contributed by atoms with van der Waals surface area (Å²) in [5, 5.41) is 11.6. The number of piperidine rings is 1. The Balaban J connectivity index is 1.86. The standard InChI is InChI=1S/C22H29NO/c1-18-10-9-11-19(2)23(18)17-16-22(24,20-12-5-3-6-13-20)21-14-7-4-8-15-21/h3-8,12-15,18-19,24H,9-11,16-17H2,1-2H3/t18-,19+. The summed E-state index contributed by atoms with van der Waals surface area (Å²) in [5.41, 5.74) is 1.03. The summed E-state index contributed by atoms with van der Waals surface area (Å²) >= 11 is 0. The maximum absolute atomic E-state index is 11.6. The van der Waals surface area contributed by atoms with Crippen molar-refractivity contribution in [1.82, 2.24) is 4.90 Å². The average Bonchev–Trinajstić information content (AvgIpc) is 2.62. The molecule has 2 aromatic carbocycles. The normalized spacial score (nSPS) is 22.5. The van der Waals surface area contributed by atoms with Gasteiger partial charge in [-0.25, -0.2) is 0 Å². The van der Waals surface area contributed by atoms with Crippen LogP contribution in [0, 0.1) is 0 Å². The Kier molecular flexibility index (Phi) is 5.37. The third kappa shape index (κ3) is 3.55. The summed E-state index contributed by atoms with van der Waals surface area (Å²) in [7, 11) is 0. The summed E-state index contributed by atoms with van der Waals surface area (Å²) in [6.07, 6.45) is 4.56. The topological polar surface area (TPSA) is 23.5 Å². The van der Waals surface area contributed by atoms with Gasteiger partial charge in [-0.2, -0.15) is 0 Å². The summed E-state index contributed by atoms with van der Waals surface area (Å²) < 4.78 is 0. The maximum Gasteiger partial charge on any atom is 0.116 e. The van der Waals surface area contributed by atoms with Crippen LogP contribution in [0.1, 0.15) is 50.7 Å².